The van der Waals surface area contributed by atoms with Gasteiger partial charge in [-0.05, 0) is 30.5 Å². The summed E-state index contributed by atoms with van der Waals surface area (Å²) in [5.41, 5.74) is 9.10. The molecule has 0 spiro atoms. The first kappa shape index (κ1) is 13.7. The molecular weight excluding hydrogens is 264 g/mol. The Morgan fingerprint density at radius 2 is 2.19 bits per heavy atom. The SMILES string of the molecule is Cc1ccnc(C(=O)N2CCc3ccccc3C2CN)n1. The number of aromatic nitrogens is 2. The lowest BCUT2D eigenvalue weighted by molar-refractivity contribution is 0.0654. The van der Waals surface area contributed by atoms with Crippen molar-refractivity contribution in [2.45, 2.75) is 19.4 Å². The first-order valence-corrected chi connectivity index (χ1v) is 7.09. The molecule has 5 nitrogen and oxygen atoms in total. The van der Waals surface area contributed by atoms with E-state index in [9.17, 15) is 4.79 Å². The fourth-order valence-corrected chi connectivity index (χ4v) is 2.83. The third-order valence-corrected chi connectivity index (χ3v) is 3.88. The van der Waals surface area contributed by atoms with Crippen molar-refractivity contribution in [2.24, 2.45) is 5.73 Å². The van der Waals surface area contributed by atoms with Crippen LogP contribution in [0.15, 0.2) is 36.5 Å². The molecule has 0 radical (unpaired) electrons. The van der Waals surface area contributed by atoms with Crippen molar-refractivity contribution in [2.75, 3.05) is 13.1 Å². The summed E-state index contributed by atoms with van der Waals surface area (Å²) in [7, 11) is 0. The summed E-state index contributed by atoms with van der Waals surface area (Å²) in [6.45, 7) is 2.90. The molecule has 1 atom stereocenters. The first-order valence-electron chi connectivity index (χ1n) is 7.09. The lowest BCUT2D eigenvalue weighted by atomic mass is 9.92. The Bertz CT molecular complexity index is 671. The highest BCUT2D eigenvalue weighted by Crippen LogP contribution is 2.29. The monoisotopic (exact) mass is 282 g/mol. The fraction of sp³-hybridized carbons (Fsp3) is 0.312. The zero-order valence-electron chi connectivity index (χ0n) is 12.0. The van der Waals surface area contributed by atoms with Gasteiger partial charge in [-0.3, -0.25) is 4.79 Å². The maximum atomic E-state index is 12.7. The molecule has 3 rings (SSSR count). The van der Waals surface area contributed by atoms with Gasteiger partial charge in [0.25, 0.3) is 5.91 Å². The van der Waals surface area contributed by atoms with E-state index in [1.165, 1.54) is 5.56 Å². The molecule has 21 heavy (non-hydrogen) atoms. The molecule has 2 heterocycles. The van der Waals surface area contributed by atoms with Crippen LogP contribution in [0.5, 0.6) is 0 Å². The lowest BCUT2D eigenvalue weighted by Gasteiger charge is -2.36. The summed E-state index contributed by atoms with van der Waals surface area (Å²) < 4.78 is 0. The predicted molar refractivity (Wildman–Crippen MR) is 79.7 cm³/mol. The molecule has 1 aliphatic rings. The number of nitrogens with zero attached hydrogens (tertiary/aromatic N) is 3. The number of carbonyl (C=O) groups excluding carboxylic acids is 1. The van der Waals surface area contributed by atoms with Crippen molar-refractivity contribution in [3.63, 3.8) is 0 Å². The summed E-state index contributed by atoms with van der Waals surface area (Å²) in [4.78, 5) is 22.8. The number of amides is 1. The maximum absolute atomic E-state index is 12.7. The second-order valence-electron chi connectivity index (χ2n) is 5.22. The normalized spacial score (nSPS) is 17.4. The highest BCUT2D eigenvalue weighted by atomic mass is 16.2. The van der Waals surface area contributed by atoms with Gasteiger partial charge >= 0.3 is 0 Å². The fourth-order valence-electron chi connectivity index (χ4n) is 2.83. The lowest BCUT2D eigenvalue weighted by Crippen LogP contribution is -2.43. The highest BCUT2D eigenvalue weighted by molar-refractivity contribution is 5.91. The van der Waals surface area contributed by atoms with Crippen LogP contribution in [0.2, 0.25) is 0 Å². The quantitative estimate of drug-likeness (QED) is 0.905. The molecule has 0 saturated carbocycles. The van der Waals surface area contributed by atoms with Crippen molar-refractivity contribution >= 4 is 5.91 Å². The van der Waals surface area contributed by atoms with E-state index in [1.807, 2.05) is 25.1 Å². The minimum atomic E-state index is -0.149. The van der Waals surface area contributed by atoms with E-state index in [2.05, 4.69) is 16.0 Å². The van der Waals surface area contributed by atoms with Crippen LogP contribution in [-0.2, 0) is 6.42 Å². The Morgan fingerprint density at radius 1 is 1.38 bits per heavy atom. The van der Waals surface area contributed by atoms with Gasteiger partial charge in [-0.2, -0.15) is 0 Å². The Hall–Kier alpha value is -2.27. The minimum Gasteiger partial charge on any atom is -0.328 e. The summed E-state index contributed by atoms with van der Waals surface area (Å²) in [6.07, 6.45) is 2.45. The van der Waals surface area contributed by atoms with E-state index in [4.69, 9.17) is 5.73 Å². The number of nitrogens with two attached hydrogens (primary N) is 1. The molecule has 1 amide bonds. The van der Waals surface area contributed by atoms with Gasteiger partial charge in [0.05, 0.1) is 6.04 Å². The van der Waals surface area contributed by atoms with E-state index in [0.717, 1.165) is 17.7 Å². The average Bonchev–Trinajstić information content (AvgIpc) is 2.53. The van der Waals surface area contributed by atoms with Crippen LogP contribution in [0, 0.1) is 6.92 Å². The van der Waals surface area contributed by atoms with Gasteiger partial charge < -0.3 is 10.6 Å². The van der Waals surface area contributed by atoms with Gasteiger partial charge in [-0.15, -0.1) is 0 Å². The number of hydrogen-bond donors (Lipinski definition) is 1. The third-order valence-electron chi connectivity index (χ3n) is 3.88. The van der Waals surface area contributed by atoms with Crippen LogP contribution in [0.1, 0.15) is 33.5 Å². The molecule has 0 fully saturated rings. The number of aryl methyl sites for hydroxylation is 1. The molecule has 1 unspecified atom stereocenters. The Morgan fingerprint density at radius 3 is 2.95 bits per heavy atom. The number of benzene rings is 1. The average molecular weight is 282 g/mol. The zero-order chi connectivity index (χ0) is 14.8. The molecule has 108 valence electrons. The van der Waals surface area contributed by atoms with Crippen LogP contribution in [0.4, 0.5) is 0 Å². The summed E-state index contributed by atoms with van der Waals surface area (Å²) in [6, 6.07) is 9.83. The molecule has 2 aromatic rings. The number of carbonyl (C=O) groups is 1. The molecular formula is C16H18N4O. The van der Waals surface area contributed by atoms with Crippen LogP contribution < -0.4 is 5.73 Å². The van der Waals surface area contributed by atoms with E-state index in [1.54, 1.807) is 17.2 Å². The number of hydrogen-bond acceptors (Lipinski definition) is 4. The molecule has 5 heteroatoms. The standard InChI is InChI=1S/C16H18N4O/c1-11-6-8-18-15(19-11)16(21)20-9-7-12-4-2-3-5-13(12)14(20)10-17/h2-6,8,14H,7,9-10,17H2,1H3. The van der Waals surface area contributed by atoms with E-state index < -0.39 is 0 Å². The predicted octanol–water partition coefficient (Wildman–Crippen LogP) is 1.48. The van der Waals surface area contributed by atoms with Crippen molar-refractivity contribution in [1.29, 1.82) is 0 Å². The largest absolute Gasteiger partial charge is 0.328 e. The van der Waals surface area contributed by atoms with Gasteiger partial charge in [0.1, 0.15) is 0 Å². The summed E-state index contributed by atoms with van der Waals surface area (Å²) in [5.74, 6) is 0.0940. The zero-order valence-corrected chi connectivity index (χ0v) is 12.0. The van der Waals surface area contributed by atoms with E-state index in [-0.39, 0.29) is 17.8 Å². The highest BCUT2D eigenvalue weighted by Gasteiger charge is 2.31. The van der Waals surface area contributed by atoms with Crippen LogP contribution in [-0.4, -0.2) is 33.9 Å². The van der Waals surface area contributed by atoms with Gasteiger partial charge in [0.15, 0.2) is 0 Å². The van der Waals surface area contributed by atoms with E-state index in [0.29, 0.717) is 13.1 Å². The Kier molecular flexibility index (Phi) is 3.66. The van der Waals surface area contributed by atoms with Crippen molar-refractivity contribution in [1.82, 2.24) is 14.9 Å². The molecule has 0 aliphatic carbocycles. The Balaban J connectivity index is 1.94. The maximum Gasteiger partial charge on any atom is 0.292 e. The molecule has 0 bridgehead atoms. The van der Waals surface area contributed by atoms with Gasteiger partial charge in [-0.1, -0.05) is 24.3 Å². The minimum absolute atomic E-state index is 0.105. The van der Waals surface area contributed by atoms with Crippen LogP contribution in [0.3, 0.4) is 0 Å². The molecule has 1 aliphatic heterocycles. The summed E-state index contributed by atoms with van der Waals surface area (Å²) in [5, 5.41) is 0. The van der Waals surface area contributed by atoms with Crippen LogP contribution >= 0.6 is 0 Å². The van der Waals surface area contributed by atoms with Gasteiger partial charge in [0.2, 0.25) is 5.82 Å². The third kappa shape index (κ3) is 2.52. The smallest absolute Gasteiger partial charge is 0.292 e. The first-order chi connectivity index (χ1) is 10.2. The second-order valence-corrected chi connectivity index (χ2v) is 5.22. The Labute approximate surface area is 123 Å². The molecule has 2 N–H and O–H groups in total. The number of rotatable bonds is 2. The van der Waals surface area contributed by atoms with Crippen molar-refractivity contribution in [3.8, 4) is 0 Å². The van der Waals surface area contributed by atoms with Crippen molar-refractivity contribution < 1.29 is 4.79 Å². The molecule has 1 aromatic carbocycles. The van der Waals surface area contributed by atoms with Gasteiger partial charge in [-0.25, -0.2) is 9.97 Å². The molecule has 0 saturated heterocycles. The summed E-state index contributed by atoms with van der Waals surface area (Å²) >= 11 is 0. The number of fused-ring (bicyclic) bond motifs is 1. The van der Waals surface area contributed by atoms with Crippen molar-refractivity contribution in [3.05, 3.63) is 59.2 Å². The van der Waals surface area contributed by atoms with Gasteiger partial charge in [0, 0.05) is 25.0 Å². The van der Waals surface area contributed by atoms with Crippen LogP contribution in [0.25, 0.3) is 0 Å². The second kappa shape index (κ2) is 5.61. The molecule has 1 aromatic heterocycles. The topological polar surface area (TPSA) is 72.1 Å². The van der Waals surface area contributed by atoms with E-state index >= 15 is 0 Å².